The van der Waals surface area contributed by atoms with Crippen LogP contribution in [0.15, 0.2) is 0 Å². The Morgan fingerprint density at radius 2 is 0.952 bits per heavy atom. The van der Waals surface area contributed by atoms with Crippen molar-refractivity contribution in [1.29, 1.82) is 0 Å². The first-order valence-electron chi connectivity index (χ1n) is 7.23. The number of carboxylic acid groups (broad SMARTS) is 2. The van der Waals surface area contributed by atoms with Crippen LogP contribution in [-0.2, 0) is 29.1 Å². The van der Waals surface area contributed by atoms with Gasteiger partial charge in [0.15, 0.2) is 0 Å². The van der Waals surface area contributed by atoms with Gasteiger partial charge < -0.3 is 19.8 Å². The predicted octanol–water partition coefficient (Wildman–Crippen LogP) is 1.90. The van der Waals surface area contributed by atoms with E-state index in [-0.39, 0.29) is 43.1 Å². The number of aliphatic carboxylic acids is 2. The van der Waals surface area contributed by atoms with Crippen LogP contribution in [0.1, 0.15) is 80.1 Å². The van der Waals surface area contributed by atoms with Crippen LogP contribution in [0.2, 0.25) is 0 Å². The number of rotatable bonds is 6. The van der Waals surface area contributed by atoms with Crippen LogP contribution in [0.3, 0.4) is 0 Å². The summed E-state index contributed by atoms with van der Waals surface area (Å²) in [5.74, 6) is -1.88. The molecule has 4 nitrogen and oxygen atoms in total. The van der Waals surface area contributed by atoms with Gasteiger partial charge in [0.25, 0.3) is 0 Å². The van der Waals surface area contributed by atoms with Gasteiger partial charge in [0.1, 0.15) is 0 Å². The molecule has 0 aromatic carbocycles. The fourth-order valence-corrected chi connectivity index (χ4v) is 1.53. The van der Waals surface area contributed by atoms with Crippen molar-refractivity contribution in [3.05, 3.63) is 0 Å². The molecule has 0 aromatic rings. The van der Waals surface area contributed by atoms with Crippen molar-refractivity contribution < 1.29 is 39.3 Å². The molecule has 0 bridgehead atoms. The number of carboxylic acids is 2. The Labute approximate surface area is 142 Å². The molecule has 0 aliphatic heterocycles. The maximum absolute atomic E-state index is 9.97. The molecule has 0 atom stereocenters. The van der Waals surface area contributed by atoms with E-state index >= 15 is 0 Å². The molecule has 5 heteroatoms. The minimum atomic E-state index is -0.941. The summed E-state index contributed by atoms with van der Waals surface area (Å²) in [6.07, 6.45) is 3.73. The summed E-state index contributed by atoms with van der Waals surface area (Å²) >= 11 is 0. The Hall–Kier alpha value is -0.437. The smallest absolute Gasteiger partial charge is 0.550 e. The summed E-state index contributed by atoms with van der Waals surface area (Å²) in [7, 11) is 0. The third-order valence-electron chi connectivity index (χ3n) is 2.62. The van der Waals surface area contributed by atoms with Crippen molar-refractivity contribution in [2.45, 2.75) is 80.1 Å². The minimum absolute atomic E-state index is 0. The zero-order valence-corrected chi connectivity index (χ0v) is 17.5. The molecule has 0 rings (SSSR count). The van der Waals surface area contributed by atoms with E-state index in [4.69, 9.17) is 0 Å². The van der Waals surface area contributed by atoms with E-state index in [9.17, 15) is 19.8 Å². The molecule has 0 aliphatic carbocycles. The maximum atomic E-state index is 9.97. The van der Waals surface area contributed by atoms with Crippen LogP contribution >= 0.6 is 0 Å². The van der Waals surface area contributed by atoms with E-state index in [1.165, 1.54) is 0 Å². The van der Waals surface area contributed by atoms with Crippen molar-refractivity contribution >= 4 is 11.9 Å². The van der Waals surface area contributed by atoms with Gasteiger partial charge >= 0.3 is 19.5 Å². The Bertz CT molecular complexity index is 258. The quantitative estimate of drug-likeness (QED) is 0.684. The summed E-state index contributed by atoms with van der Waals surface area (Å²) in [4.78, 5) is 19.9. The van der Waals surface area contributed by atoms with Gasteiger partial charge in [-0.2, -0.15) is 0 Å². The maximum Gasteiger partial charge on any atom is 2.00 e. The summed E-state index contributed by atoms with van der Waals surface area (Å²) in [5.41, 5.74) is 0.491. The summed E-state index contributed by atoms with van der Waals surface area (Å²) in [6.45, 7) is 12.6. The molecule has 0 aromatic heterocycles. The normalized spacial score (nSPS) is 11.0. The van der Waals surface area contributed by atoms with E-state index in [0.717, 1.165) is 25.7 Å². The second-order valence-electron chi connectivity index (χ2n) is 7.57. The van der Waals surface area contributed by atoms with Gasteiger partial charge in [-0.15, -0.1) is 0 Å². The molecule has 0 N–H and O–H groups in total. The molecular weight excluding hydrogens is 322 g/mol. The van der Waals surface area contributed by atoms with E-state index in [1.54, 1.807) is 0 Å². The van der Waals surface area contributed by atoms with Crippen molar-refractivity contribution in [2.75, 3.05) is 0 Å². The van der Waals surface area contributed by atoms with Gasteiger partial charge in [-0.25, -0.2) is 0 Å². The van der Waals surface area contributed by atoms with E-state index in [1.807, 2.05) is 0 Å². The molecular formula is C16H30O4Zn. The van der Waals surface area contributed by atoms with Crippen molar-refractivity contribution in [2.24, 2.45) is 10.8 Å². The number of hydrogen-bond acceptors (Lipinski definition) is 4. The Morgan fingerprint density at radius 1 is 0.714 bits per heavy atom. The third kappa shape index (κ3) is 32.8. The second-order valence-corrected chi connectivity index (χ2v) is 7.57. The van der Waals surface area contributed by atoms with Crippen LogP contribution in [0, 0.1) is 10.8 Å². The van der Waals surface area contributed by atoms with Crippen LogP contribution in [0.4, 0.5) is 0 Å². The molecule has 120 valence electrons. The fraction of sp³-hybridized carbons (Fsp3) is 0.875. The largest absolute Gasteiger partial charge is 2.00 e. The molecule has 0 unspecified atom stereocenters. The summed E-state index contributed by atoms with van der Waals surface area (Å²) < 4.78 is 0. The molecule has 0 heterocycles. The Balaban J connectivity index is -0.000000295. The van der Waals surface area contributed by atoms with Crippen molar-refractivity contribution in [1.82, 2.24) is 0 Å². The molecule has 0 aliphatic rings. The first kappa shape index (κ1) is 25.5. The molecule has 0 spiro atoms. The first-order chi connectivity index (χ1) is 8.83. The summed E-state index contributed by atoms with van der Waals surface area (Å²) in [5, 5.41) is 19.9. The Kier molecular flexibility index (Phi) is 14.8. The zero-order valence-electron chi connectivity index (χ0n) is 14.6. The van der Waals surface area contributed by atoms with E-state index in [0.29, 0.717) is 0 Å². The van der Waals surface area contributed by atoms with Crippen LogP contribution < -0.4 is 10.2 Å². The molecule has 0 radical (unpaired) electrons. The minimum Gasteiger partial charge on any atom is -0.550 e. The van der Waals surface area contributed by atoms with Gasteiger partial charge in [0.05, 0.1) is 0 Å². The monoisotopic (exact) mass is 350 g/mol. The predicted molar refractivity (Wildman–Crippen MR) is 76.6 cm³/mol. The molecule has 0 fully saturated rings. The fourth-order valence-electron chi connectivity index (χ4n) is 1.53. The standard InChI is InChI=1S/2C8H16O2.Zn/c2*1-8(2,3)6-4-5-7(9)10;/h2*4-6H2,1-3H3,(H,9,10);/q;;+2/p-2. The number of carbonyl (C=O) groups is 2. The third-order valence-corrected chi connectivity index (χ3v) is 2.62. The average molecular weight is 352 g/mol. The SMILES string of the molecule is CC(C)(C)CCCC(=O)[O-].CC(C)(C)CCCC(=O)[O-].[Zn+2]. The molecule has 0 amide bonds. The van der Waals surface area contributed by atoms with Crippen LogP contribution in [-0.4, -0.2) is 11.9 Å². The molecule has 21 heavy (non-hydrogen) atoms. The van der Waals surface area contributed by atoms with Crippen molar-refractivity contribution in [3.8, 4) is 0 Å². The van der Waals surface area contributed by atoms with Gasteiger partial charge in [0, 0.05) is 11.9 Å². The first-order valence-corrected chi connectivity index (χ1v) is 7.23. The second kappa shape index (κ2) is 12.1. The number of carbonyl (C=O) groups excluding carboxylic acids is 2. The number of hydrogen-bond donors (Lipinski definition) is 0. The summed E-state index contributed by atoms with van der Waals surface area (Å²) in [6, 6.07) is 0. The van der Waals surface area contributed by atoms with Gasteiger partial charge in [-0.1, -0.05) is 41.5 Å². The van der Waals surface area contributed by atoms with Crippen LogP contribution in [0.5, 0.6) is 0 Å². The van der Waals surface area contributed by atoms with Gasteiger partial charge in [0.2, 0.25) is 0 Å². The molecule has 0 saturated heterocycles. The van der Waals surface area contributed by atoms with E-state index in [2.05, 4.69) is 41.5 Å². The Morgan fingerprint density at radius 3 is 1.10 bits per heavy atom. The molecule has 0 saturated carbocycles. The van der Waals surface area contributed by atoms with Crippen LogP contribution in [0.25, 0.3) is 0 Å². The van der Waals surface area contributed by atoms with E-state index < -0.39 is 11.9 Å². The van der Waals surface area contributed by atoms with Gasteiger partial charge in [-0.05, 0) is 49.4 Å². The van der Waals surface area contributed by atoms with Crippen molar-refractivity contribution in [3.63, 3.8) is 0 Å². The van der Waals surface area contributed by atoms with Gasteiger partial charge in [-0.3, -0.25) is 0 Å². The zero-order chi connectivity index (χ0) is 16.4. The topological polar surface area (TPSA) is 80.3 Å². The average Bonchev–Trinajstić information content (AvgIpc) is 2.12.